The van der Waals surface area contributed by atoms with Crippen molar-refractivity contribution >= 4 is 27.5 Å². The maximum absolute atomic E-state index is 12.5. The fourth-order valence-corrected chi connectivity index (χ4v) is 3.56. The van der Waals surface area contributed by atoms with Crippen LogP contribution in [0.5, 0.6) is 0 Å². The zero-order valence-corrected chi connectivity index (χ0v) is 15.5. The Kier molecular flexibility index (Phi) is 4.82. The summed E-state index contributed by atoms with van der Waals surface area (Å²) >= 11 is 1.53. The Bertz CT molecular complexity index is 1060. The number of benzene rings is 1. The molecule has 0 saturated carbocycles. The number of fused-ring (bicyclic) bond motifs is 1. The van der Waals surface area contributed by atoms with E-state index < -0.39 is 5.56 Å². The minimum atomic E-state index is -0.544. The number of hydrogen-bond acceptors (Lipinski definition) is 6. The predicted molar refractivity (Wildman–Crippen MR) is 98.8 cm³/mol. The molecule has 1 amide bonds. The summed E-state index contributed by atoms with van der Waals surface area (Å²) in [6.07, 6.45) is 0. The second kappa shape index (κ2) is 7.06. The maximum Gasteiger partial charge on any atom is 0.285 e. The van der Waals surface area contributed by atoms with Crippen LogP contribution in [-0.4, -0.2) is 32.6 Å². The standard InChI is InChI=1S/C18H17N5O2S/c1-11-12(2)21-23(18(25)13(11)8-19)10-17(24)22(3)9-16-20-14-6-4-5-7-15(14)26-16/h4-7H,9-10H2,1-3H3. The van der Waals surface area contributed by atoms with Crippen molar-refractivity contribution in [3.8, 4) is 6.07 Å². The van der Waals surface area contributed by atoms with Crippen LogP contribution in [0.15, 0.2) is 29.1 Å². The van der Waals surface area contributed by atoms with Crippen molar-refractivity contribution in [1.82, 2.24) is 19.7 Å². The van der Waals surface area contributed by atoms with Crippen molar-refractivity contribution in [3.05, 3.63) is 56.4 Å². The van der Waals surface area contributed by atoms with E-state index in [4.69, 9.17) is 5.26 Å². The minimum Gasteiger partial charge on any atom is -0.337 e. The SMILES string of the molecule is Cc1nn(CC(=O)N(C)Cc2nc3ccccc3s2)c(=O)c(C#N)c1C. The number of nitriles is 1. The molecule has 2 heterocycles. The number of thiazole rings is 1. The smallest absolute Gasteiger partial charge is 0.285 e. The van der Waals surface area contributed by atoms with Gasteiger partial charge in [-0.1, -0.05) is 12.1 Å². The Labute approximate surface area is 154 Å². The van der Waals surface area contributed by atoms with Crippen LogP contribution in [0.3, 0.4) is 0 Å². The van der Waals surface area contributed by atoms with E-state index in [9.17, 15) is 9.59 Å². The van der Waals surface area contributed by atoms with Gasteiger partial charge >= 0.3 is 0 Å². The Hall–Kier alpha value is -3.05. The third-order valence-corrected chi connectivity index (χ3v) is 5.19. The monoisotopic (exact) mass is 367 g/mol. The molecule has 132 valence electrons. The average Bonchev–Trinajstić information content (AvgIpc) is 3.02. The molecule has 0 N–H and O–H groups in total. The molecule has 1 aromatic carbocycles. The van der Waals surface area contributed by atoms with Gasteiger partial charge in [-0.25, -0.2) is 9.67 Å². The van der Waals surface area contributed by atoms with E-state index in [2.05, 4.69) is 10.1 Å². The number of nitrogens with zero attached hydrogens (tertiary/aromatic N) is 5. The first-order valence-corrected chi connectivity index (χ1v) is 8.79. The number of rotatable bonds is 4. The molecule has 0 spiro atoms. The highest BCUT2D eigenvalue weighted by molar-refractivity contribution is 7.18. The zero-order chi connectivity index (χ0) is 18.8. The van der Waals surface area contributed by atoms with Gasteiger partial charge in [0.05, 0.1) is 22.5 Å². The van der Waals surface area contributed by atoms with Crippen LogP contribution in [0.1, 0.15) is 21.8 Å². The Morgan fingerprint density at radius 3 is 2.77 bits per heavy atom. The summed E-state index contributed by atoms with van der Waals surface area (Å²) in [5.74, 6) is -0.272. The fourth-order valence-electron chi connectivity index (χ4n) is 2.54. The Morgan fingerprint density at radius 1 is 1.35 bits per heavy atom. The summed E-state index contributed by atoms with van der Waals surface area (Å²) in [6.45, 7) is 3.52. The number of aromatic nitrogens is 3. The second-order valence-electron chi connectivity index (χ2n) is 5.99. The molecule has 0 unspecified atom stereocenters. The first-order chi connectivity index (χ1) is 12.4. The van der Waals surface area contributed by atoms with Crippen LogP contribution in [0.25, 0.3) is 10.2 Å². The zero-order valence-electron chi connectivity index (χ0n) is 14.7. The highest BCUT2D eigenvalue weighted by Gasteiger charge is 2.17. The molecule has 0 saturated heterocycles. The number of aryl methyl sites for hydroxylation is 1. The van der Waals surface area contributed by atoms with Gasteiger partial charge in [-0.3, -0.25) is 9.59 Å². The van der Waals surface area contributed by atoms with Crippen molar-refractivity contribution in [1.29, 1.82) is 5.26 Å². The van der Waals surface area contributed by atoms with Gasteiger partial charge in [-0.15, -0.1) is 11.3 Å². The quantitative estimate of drug-likeness (QED) is 0.703. The van der Waals surface area contributed by atoms with E-state index in [-0.39, 0.29) is 18.0 Å². The van der Waals surface area contributed by atoms with E-state index in [1.807, 2.05) is 30.3 Å². The molecule has 0 aliphatic heterocycles. The number of carbonyl (C=O) groups excluding carboxylic acids is 1. The normalized spacial score (nSPS) is 10.7. The topological polar surface area (TPSA) is 91.9 Å². The molecule has 3 aromatic rings. The summed E-state index contributed by atoms with van der Waals surface area (Å²) in [6, 6.07) is 9.68. The van der Waals surface area contributed by atoms with Crippen molar-refractivity contribution in [2.75, 3.05) is 7.05 Å². The molecule has 26 heavy (non-hydrogen) atoms. The van der Waals surface area contributed by atoms with Crippen LogP contribution in [0.2, 0.25) is 0 Å². The number of likely N-dealkylation sites (N-methyl/N-ethyl adjacent to an activating group) is 1. The lowest BCUT2D eigenvalue weighted by atomic mass is 10.1. The van der Waals surface area contributed by atoms with E-state index in [0.29, 0.717) is 17.8 Å². The highest BCUT2D eigenvalue weighted by Crippen LogP contribution is 2.22. The highest BCUT2D eigenvalue weighted by atomic mass is 32.1. The van der Waals surface area contributed by atoms with Gasteiger partial charge in [-0.2, -0.15) is 10.4 Å². The van der Waals surface area contributed by atoms with Crippen LogP contribution in [-0.2, 0) is 17.9 Å². The summed E-state index contributed by atoms with van der Waals surface area (Å²) in [5, 5.41) is 14.1. The first kappa shape index (κ1) is 17.8. The molecule has 0 radical (unpaired) electrons. The van der Waals surface area contributed by atoms with Crippen LogP contribution < -0.4 is 5.56 Å². The molecule has 8 heteroatoms. The summed E-state index contributed by atoms with van der Waals surface area (Å²) in [5.41, 5.74) is 1.49. The van der Waals surface area contributed by atoms with Crippen LogP contribution in [0, 0.1) is 25.2 Å². The van der Waals surface area contributed by atoms with Gasteiger partial charge < -0.3 is 4.90 Å². The lowest BCUT2D eigenvalue weighted by molar-refractivity contribution is -0.131. The van der Waals surface area contributed by atoms with Gasteiger partial charge in [0.25, 0.3) is 5.56 Å². The summed E-state index contributed by atoms with van der Waals surface area (Å²) < 4.78 is 2.12. The van der Waals surface area contributed by atoms with Crippen LogP contribution >= 0.6 is 11.3 Å². The predicted octanol–water partition coefficient (Wildman–Crippen LogP) is 2.00. The molecule has 2 aromatic heterocycles. The maximum atomic E-state index is 12.5. The van der Waals surface area contributed by atoms with Crippen molar-refractivity contribution in [3.63, 3.8) is 0 Å². The van der Waals surface area contributed by atoms with E-state index >= 15 is 0 Å². The van der Waals surface area contributed by atoms with Gasteiger partial charge in [0.2, 0.25) is 5.91 Å². The second-order valence-corrected chi connectivity index (χ2v) is 7.10. The Morgan fingerprint density at radius 2 is 2.08 bits per heavy atom. The van der Waals surface area contributed by atoms with E-state index in [1.165, 1.54) is 16.2 Å². The molecule has 0 bridgehead atoms. The molecule has 3 rings (SSSR count). The first-order valence-electron chi connectivity index (χ1n) is 7.97. The van der Waals surface area contributed by atoms with Crippen LogP contribution in [0.4, 0.5) is 0 Å². The molecular formula is C18H17N5O2S. The van der Waals surface area contributed by atoms with E-state index in [0.717, 1.165) is 19.9 Å². The third-order valence-electron chi connectivity index (χ3n) is 4.17. The summed E-state index contributed by atoms with van der Waals surface area (Å²) in [4.78, 5) is 30.8. The summed E-state index contributed by atoms with van der Waals surface area (Å²) in [7, 11) is 1.66. The Balaban J connectivity index is 1.78. The number of para-hydroxylation sites is 1. The van der Waals surface area contributed by atoms with Crippen molar-refractivity contribution in [2.45, 2.75) is 26.9 Å². The molecular weight excluding hydrogens is 350 g/mol. The number of hydrogen-bond donors (Lipinski definition) is 0. The minimum absolute atomic E-state index is 0.0270. The fraction of sp³-hybridized carbons (Fsp3) is 0.278. The van der Waals surface area contributed by atoms with Gasteiger partial charge in [-0.05, 0) is 31.5 Å². The third kappa shape index (κ3) is 3.34. The lowest BCUT2D eigenvalue weighted by Crippen LogP contribution is -2.36. The molecule has 7 nitrogen and oxygen atoms in total. The number of amides is 1. The number of carbonyl (C=O) groups is 1. The largest absolute Gasteiger partial charge is 0.337 e. The van der Waals surface area contributed by atoms with Gasteiger partial charge in [0.1, 0.15) is 23.2 Å². The average molecular weight is 367 g/mol. The van der Waals surface area contributed by atoms with Crippen molar-refractivity contribution in [2.24, 2.45) is 0 Å². The van der Waals surface area contributed by atoms with Gasteiger partial charge in [0.15, 0.2) is 0 Å². The molecule has 0 fully saturated rings. The lowest BCUT2D eigenvalue weighted by Gasteiger charge is -2.16. The molecule has 0 aliphatic rings. The van der Waals surface area contributed by atoms with Gasteiger partial charge in [0, 0.05) is 7.05 Å². The van der Waals surface area contributed by atoms with Crippen molar-refractivity contribution < 1.29 is 4.79 Å². The van der Waals surface area contributed by atoms with E-state index in [1.54, 1.807) is 20.9 Å². The molecule has 0 atom stereocenters. The molecule has 0 aliphatic carbocycles.